The van der Waals surface area contributed by atoms with Gasteiger partial charge in [0.05, 0.1) is 25.4 Å². The number of nitrogens with zero attached hydrogens (tertiary/aromatic N) is 7. The van der Waals surface area contributed by atoms with Crippen molar-refractivity contribution in [2.45, 2.75) is 45.0 Å². The van der Waals surface area contributed by atoms with E-state index in [-0.39, 0.29) is 48.9 Å². The van der Waals surface area contributed by atoms with E-state index in [1.165, 1.54) is 21.8 Å². The molecule has 0 spiro atoms. The van der Waals surface area contributed by atoms with Crippen molar-refractivity contribution >= 4 is 17.6 Å². The summed E-state index contributed by atoms with van der Waals surface area (Å²) in [5.74, 6) is -2.45. The summed E-state index contributed by atoms with van der Waals surface area (Å²) in [6, 6.07) is 7.60. The molecule has 216 valence electrons. The van der Waals surface area contributed by atoms with Gasteiger partial charge in [0.1, 0.15) is 17.7 Å². The Morgan fingerprint density at radius 2 is 1.85 bits per heavy atom. The second-order valence-corrected chi connectivity index (χ2v) is 8.61. The molecule has 2 N–H and O–H groups in total. The first kappa shape index (κ1) is 29.0. The molecule has 0 radical (unpaired) electrons. The van der Waals surface area contributed by atoms with Crippen molar-refractivity contribution in [3.05, 3.63) is 77.8 Å². The number of aromatic nitrogens is 7. The molecule has 4 aromatic rings. The molecule has 41 heavy (non-hydrogen) atoms. The van der Waals surface area contributed by atoms with Gasteiger partial charge in [-0.2, -0.15) is 0 Å². The van der Waals surface area contributed by atoms with E-state index >= 15 is 0 Å². The minimum Gasteiger partial charge on any atom is -0.406 e. The molecule has 1 atom stereocenters. The maximum absolute atomic E-state index is 14.5. The zero-order valence-corrected chi connectivity index (χ0v) is 21.1. The van der Waals surface area contributed by atoms with Crippen LogP contribution in [-0.4, -0.2) is 59.3 Å². The fourth-order valence-electron chi connectivity index (χ4n) is 3.53. The lowest BCUT2D eigenvalue weighted by molar-refractivity contribution is -0.274. The first-order chi connectivity index (χ1) is 19.5. The monoisotopic (exact) mass is 579 g/mol. The molecule has 1 aromatic carbocycles. The molecule has 12 nitrogen and oxygen atoms in total. The molecule has 0 aliphatic heterocycles. The van der Waals surface area contributed by atoms with Crippen LogP contribution >= 0.6 is 0 Å². The van der Waals surface area contributed by atoms with Gasteiger partial charge in [-0.25, -0.2) is 13.5 Å². The normalized spacial score (nSPS) is 12.1. The van der Waals surface area contributed by atoms with E-state index in [4.69, 9.17) is 0 Å². The minimum absolute atomic E-state index is 0.0249. The van der Waals surface area contributed by atoms with E-state index in [1.54, 1.807) is 24.4 Å². The number of hydrogen-bond donors (Lipinski definition) is 2. The molecule has 17 heteroatoms. The highest BCUT2D eigenvalue weighted by Gasteiger charge is 2.31. The number of benzene rings is 1. The maximum atomic E-state index is 14.5. The Labute approximate surface area is 228 Å². The number of amides is 2. The molecule has 0 saturated carbocycles. The average molecular weight is 579 g/mol. The summed E-state index contributed by atoms with van der Waals surface area (Å²) in [7, 11) is 0. The fourth-order valence-corrected chi connectivity index (χ4v) is 3.53. The molecule has 1 unspecified atom stereocenters. The number of nitrogens with one attached hydrogen (secondary N) is 2. The first-order valence-electron chi connectivity index (χ1n) is 12.0. The SMILES string of the molecule is O=C(Cc1ccccn1)Nc1cn(CC(F)CCn2cc(C(=O)NCc3cc(OC(F)(F)F)ccc3F)nn2)nn1. The minimum atomic E-state index is -4.95. The van der Waals surface area contributed by atoms with E-state index in [1.807, 2.05) is 0 Å². The van der Waals surface area contributed by atoms with E-state index in [9.17, 15) is 31.5 Å². The third-order valence-electron chi connectivity index (χ3n) is 5.39. The number of anilines is 1. The van der Waals surface area contributed by atoms with E-state index in [0.29, 0.717) is 5.69 Å². The standard InChI is InChI=1S/C24H22F5N9O3/c25-16(12-38-14-21(34-36-38)32-22(39)10-17-3-1-2-7-30-17)6-8-37-13-20(33-35-37)23(40)31-11-15-9-18(4-5-19(15)26)41-24(27,28)29/h1-5,7,9,13-14,16H,6,8,10-12H2,(H,31,40)(H,32,39). The molecule has 0 saturated heterocycles. The van der Waals surface area contributed by atoms with Gasteiger partial charge in [0.2, 0.25) is 5.91 Å². The van der Waals surface area contributed by atoms with Crippen molar-refractivity contribution in [1.82, 2.24) is 40.3 Å². The number of aryl methyl sites for hydroxylation is 1. The van der Waals surface area contributed by atoms with Gasteiger partial charge < -0.3 is 15.4 Å². The van der Waals surface area contributed by atoms with E-state index in [0.717, 1.165) is 18.2 Å². The molecule has 3 heterocycles. The van der Waals surface area contributed by atoms with Crippen molar-refractivity contribution in [3.63, 3.8) is 0 Å². The van der Waals surface area contributed by atoms with Gasteiger partial charge in [-0.05, 0) is 30.3 Å². The topological polar surface area (TPSA) is 142 Å². The third-order valence-corrected chi connectivity index (χ3v) is 5.39. The van der Waals surface area contributed by atoms with Crippen molar-refractivity contribution in [2.75, 3.05) is 5.32 Å². The Morgan fingerprint density at radius 3 is 2.61 bits per heavy atom. The fraction of sp³-hybridized carbons (Fsp3) is 0.292. The highest BCUT2D eigenvalue weighted by molar-refractivity contribution is 5.92. The molecule has 0 aliphatic rings. The molecule has 0 aliphatic carbocycles. The van der Waals surface area contributed by atoms with Crippen molar-refractivity contribution in [1.29, 1.82) is 0 Å². The van der Waals surface area contributed by atoms with Gasteiger partial charge >= 0.3 is 6.36 Å². The molecule has 0 bridgehead atoms. The van der Waals surface area contributed by atoms with Gasteiger partial charge in [0.15, 0.2) is 11.5 Å². The maximum Gasteiger partial charge on any atom is 0.573 e. The zero-order valence-electron chi connectivity index (χ0n) is 21.1. The van der Waals surface area contributed by atoms with Gasteiger partial charge in [-0.3, -0.25) is 19.3 Å². The number of carbonyl (C=O) groups excluding carboxylic acids is 2. The molecule has 4 rings (SSSR count). The summed E-state index contributed by atoms with van der Waals surface area (Å²) in [5.41, 5.74) is 0.177. The van der Waals surface area contributed by atoms with Crippen LogP contribution < -0.4 is 15.4 Å². The van der Waals surface area contributed by atoms with Crippen LogP contribution in [0.15, 0.2) is 55.0 Å². The lowest BCUT2D eigenvalue weighted by atomic mass is 10.2. The Morgan fingerprint density at radius 1 is 1.05 bits per heavy atom. The highest BCUT2D eigenvalue weighted by atomic mass is 19.4. The number of hydrogen-bond acceptors (Lipinski definition) is 8. The van der Waals surface area contributed by atoms with Crippen molar-refractivity contribution < 1.29 is 36.3 Å². The first-order valence-corrected chi connectivity index (χ1v) is 12.0. The third kappa shape index (κ3) is 9.04. The molecule has 0 fully saturated rings. The summed E-state index contributed by atoms with van der Waals surface area (Å²) >= 11 is 0. The molecular formula is C24H22F5N9O3. The number of alkyl halides is 4. The molecule has 3 aromatic heterocycles. The Balaban J connectivity index is 1.21. The summed E-state index contributed by atoms with van der Waals surface area (Å²) in [6.45, 7) is -0.550. The van der Waals surface area contributed by atoms with Crippen LogP contribution in [0.1, 0.15) is 28.2 Å². The second kappa shape index (κ2) is 12.9. The lowest BCUT2D eigenvalue weighted by Gasteiger charge is -2.11. The highest BCUT2D eigenvalue weighted by Crippen LogP contribution is 2.24. The van der Waals surface area contributed by atoms with Crippen LogP contribution in [-0.2, 0) is 30.8 Å². The van der Waals surface area contributed by atoms with Crippen LogP contribution in [0, 0.1) is 5.82 Å². The number of pyridine rings is 1. The van der Waals surface area contributed by atoms with E-state index < -0.39 is 36.6 Å². The predicted molar refractivity (Wildman–Crippen MR) is 130 cm³/mol. The van der Waals surface area contributed by atoms with E-state index in [2.05, 4.69) is 41.0 Å². The Hall–Kier alpha value is -4.96. The summed E-state index contributed by atoms with van der Waals surface area (Å²) < 4.78 is 71.9. The van der Waals surface area contributed by atoms with Gasteiger partial charge in [-0.15, -0.1) is 23.4 Å². The predicted octanol–water partition coefficient (Wildman–Crippen LogP) is 2.84. The van der Waals surface area contributed by atoms with Gasteiger partial charge in [0.25, 0.3) is 5.91 Å². The molecular weight excluding hydrogens is 557 g/mol. The van der Waals surface area contributed by atoms with Gasteiger partial charge in [0, 0.05) is 37.0 Å². The zero-order chi connectivity index (χ0) is 29.4. The summed E-state index contributed by atoms with van der Waals surface area (Å²) in [6.07, 6.45) is -2.13. The number of halogens is 5. The van der Waals surface area contributed by atoms with Crippen LogP contribution in [0.3, 0.4) is 0 Å². The average Bonchev–Trinajstić information content (AvgIpc) is 3.57. The number of carbonyl (C=O) groups is 2. The van der Waals surface area contributed by atoms with Gasteiger partial charge in [-0.1, -0.05) is 16.5 Å². The number of rotatable bonds is 12. The second-order valence-electron chi connectivity index (χ2n) is 8.61. The molecule has 2 amide bonds. The largest absolute Gasteiger partial charge is 0.573 e. The smallest absolute Gasteiger partial charge is 0.406 e. The van der Waals surface area contributed by atoms with Crippen molar-refractivity contribution in [2.24, 2.45) is 0 Å². The summed E-state index contributed by atoms with van der Waals surface area (Å²) in [4.78, 5) is 28.5. The Kier molecular flexibility index (Phi) is 9.15. The number of ether oxygens (including phenoxy) is 1. The summed E-state index contributed by atoms with van der Waals surface area (Å²) in [5, 5.41) is 19.9. The quantitative estimate of drug-likeness (QED) is 0.244. The van der Waals surface area contributed by atoms with Crippen LogP contribution in [0.4, 0.5) is 27.8 Å². The lowest BCUT2D eigenvalue weighted by Crippen LogP contribution is -2.24. The van der Waals surface area contributed by atoms with Crippen LogP contribution in [0.25, 0.3) is 0 Å². The Bertz CT molecular complexity index is 1480. The van der Waals surface area contributed by atoms with Crippen LogP contribution in [0.5, 0.6) is 5.75 Å². The van der Waals surface area contributed by atoms with Crippen LogP contribution in [0.2, 0.25) is 0 Å². The van der Waals surface area contributed by atoms with Crippen molar-refractivity contribution in [3.8, 4) is 5.75 Å².